The van der Waals surface area contributed by atoms with Gasteiger partial charge in [0.25, 0.3) is 0 Å². The molecule has 0 amide bonds. The van der Waals surface area contributed by atoms with Gasteiger partial charge in [-0.05, 0) is 36.1 Å². The molecule has 0 aromatic heterocycles. The maximum atomic E-state index is 5.49. The van der Waals surface area contributed by atoms with Crippen LogP contribution in [-0.4, -0.2) is 26.5 Å². The van der Waals surface area contributed by atoms with Crippen molar-refractivity contribution in [3.63, 3.8) is 0 Å². The molecule has 0 aliphatic heterocycles. The van der Waals surface area contributed by atoms with Crippen molar-refractivity contribution < 1.29 is 4.74 Å². The zero-order chi connectivity index (χ0) is 14.4. The van der Waals surface area contributed by atoms with Gasteiger partial charge in [0.05, 0.1) is 12.8 Å². The molecule has 3 heteroatoms. The van der Waals surface area contributed by atoms with Crippen LogP contribution in [0, 0.1) is 5.41 Å². The summed E-state index contributed by atoms with van der Waals surface area (Å²) in [7, 11) is 3.92. The summed E-state index contributed by atoms with van der Waals surface area (Å²) in [6.07, 6.45) is 8.06. The number of thiol groups is 1. The third-order valence-corrected chi connectivity index (χ3v) is 5.24. The molecule has 1 aliphatic rings. The number of nitrogens with zero attached hydrogens (tertiary/aromatic N) is 1. The monoisotopic (exact) mass is 293 g/mol. The summed E-state index contributed by atoms with van der Waals surface area (Å²) in [5.74, 6) is 1.94. The Hall–Kier alpha value is -0.830. The molecule has 112 valence electrons. The highest BCUT2D eigenvalue weighted by Gasteiger charge is 2.31. The zero-order valence-corrected chi connectivity index (χ0v) is 13.7. The highest BCUT2D eigenvalue weighted by atomic mass is 32.1. The van der Waals surface area contributed by atoms with E-state index in [1.807, 2.05) is 12.1 Å². The summed E-state index contributed by atoms with van der Waals surface area (Å²) in [6, 6.07) is 8.28. The van der Waals surface area contributed by atoms with Crippen LogP contribution in [0.2, 0.25) is 0 Å². The van der Waals surface area contributed by atoms with E-state index >= 15 is 0 Å². The lowest BCUT2D eigenvalue weighted by Crippen LogP contribution is -2.37. The van der Waals surface area contributed by atoms with Gasteiger partial charge in [0.15, 0.2) is 0 Å². The molecule has 0 N–H and O–H groups in total. The van der Waals surface area contributed by atoms with E-state index in [-0.39, 0.29) is 0 Å². The summed E-state index contributed by atoms with van der Waals surface area (Å²) in [5, 5.41) is 0. The molecule has 1 aromatic carbocycles. The first kappa shape index (κ1) is 15.6. The molecule has 2 rings (SSSR count). The van der Waals surface area contributed by atoms with Crippen molar-refractivity contribution >= 4 is 18.3 Å². The van der Waals surface area contributed by atoms with E-state index in [1.165, 1.54) is 44.2 Å². The van der Waals surface area contributed by atoms with Crippen LogP contribution in [0.5, 0.6) is 5.75 Å². The van der Waals surface area contributed by atoms with E-state index in [2.05, 4.69) is 36.7 Å². The van der Waals surface area contributed by atoms with Crippen molar-refractivity contribution in [2.24, 2.45) is 5.41 Å². The molecule has 0 heterocycles. The van der Waals surface area contributed by atoms with Crippen LogP contribution < -0.4 is 9.64 Å². The van der Waals surface area contributed by atoms with Gasteiger partial charge >= 0.3 is 0 Å². The van der Waals surface area contributed by atoms with Crippen LogP contribution in [0.25, 0.3) is 0 Å². The molecule has 0 spiro atoms. The quantitative estimate of drug-likeness (QED) is 0.638. The number of methoxy groups -OCH3 is 1. The minimum Gasteiger partial charge on any atom is -0.495 e. The predicted molar refractivity (Wildman–Crippen MR) is 90.3 cm³/mol. The standard InChI is InChI=1S/C17H27NOS/c1-18(15-9-5-6-10-16(15)19-2)13-17(14-20)11-7-3-4-8-12-17/h5-6,9-10,20H,3-4,7-8,11-14H2,1-2H3. The Kier molecular flexibility index (Phi) is 5.64. The Balaban J connectivity index is 2.13. The number of benzene rings is 1. The lowest BCUT2D eigenvalue weighted by molar-refractivity contribution is 0.292. The van der Waals surface area contributed by atoms with E-state index < -0.39 is 0 Å². The Morgan fingerprint density at radius 3 is 2.40 bits per heavy atom. The molecule has 20 heavy (non-hydrogen) atoms. The van der Waals surface area contributed by atoms with Gasteiger partial charge in [-0.1, -0.05) is 37.8 Å². The van der Waals surface area contributed by atoms with E-state index in [4.69, 9.17) is 4.74 Å². The summed E-state index contributed by atoms with van der Waals surface area (Å²) in [6.45, 7) is 1.07. The van der Waals surface area contributed by atoms with Crippen LogP contribution in [0.1, 0.15) is 38.5 Å². The lowest BCUT2D eigenvalue weighted by Gasteiger charge is -2.36. The first-order valence-electron chi connectivity index (χ1n) is 7.66. The van der Waals surface area contributed by atoms with Gasteiger partial charge in [0.2, 0.25) is 0 Å². The fourth-order valence-electron chi connectivity index (χ4n) is 3.38. The van der Waals surface area contributed by atoms with Crippen molar-refractivity contribution in [3.8, 4) is 5.75 Å². The summed E-state index contributed by atoms with van der Waals surface area (Å²) in [5.41, 5.74) is 1.54. The van der Waals surface area contributed by atoms with Gasteiger partial charge in [-0.15, -0.1) is 0 Å². The zero-order valence-electron chi connectivity index (χ0n) is 12.8. The topological polar surface area (TPSA) is 12.5 Å². The Bertz CT molecular complexity index is 413. The summed E-state index contributed by atoms with van der Waals surface area (Å²) >= 11 is 4.68. The molecule has 1 aromatic rings. The molecule has 0 bridgehead atoms. The molecule has 0 atom stereocenters. The first-order valence-corrected chi connectivity index (χ1v) is 8.29. The van der Waals surface area contributed by atoms with Crippen molar-refractivity contribution in [1.82, 2.24) is 0 Å². The first-order chi connectivity index (χ1) is 9.71. The van der Waals surface area contributed by atoms with Gasteiger partial charge in [0.1, 0.15) is 5.75 Å². The second-order valence-corrected chi connectivity index (χ2v) is 6.42. The van der Waals surface area contributed by atoms with Gasteiger partial charge < -0.3 is 9.64 Å². The minimum absolute atomic E-state index is 0.356. The van der Waals surface area contributed by atoms with Crippen molar-refractivity contribution in [3.05, 3.63) is 24.3 Å². The third kappa shape index (κ3) is 3.63. The van der Waals surface area contributed by atoms with Crippen LogP contribution >= 0.6 is 12.6 Å². The van der Waals surface area contributed by atoms with E-state index in [1.54, 1.807) is 7.11 Å². The normalized spacial score (nSPS) is 18.4. The number of anilines is 1. The van der Waals surface area contributed by atoms with Crippen molar-refractivity contribution in [2.45, 2.75) is 38.5 Å². The molecule has 1 saturated carbocycles. The minimum atomic E-state index is 0.356. The van der Waals surface area contributed by atoms with E-state index in [9.17, 15) is 0 Å². The summed E-state index contributed by atoms with van der Waals surface area (Å²) < 4.78 is 5.49. The van der Waals surface area contributed by atoms with Crippen LogP contribution in [0.15, 0.2) is 24.3 Å². The maximum Gasteiger partial charge on any atom is 0.142 e. The fourth-order valence-corrected chi connectivity index (χ4v) is 3.79. The second kappa shape index (κ2) is 7.26. The number of ether oxygens (including phenoxy) is 1. The molecule has 0 radical (unpaired) electrons. The lowest BCUT2D eigenvalue weighted by atomic mass is 9.81. The number of rotatable bonds is 5. The average Bonchev–Trinajstić information content (AvgIpc) is 2.73. The molecule has 2 nitrogen and oxygen atoms in total. The van der Waals surface area contributed by atoms with E-state index in [0.717, 1.165) is 18.0 Å². The Labute approximate surface area is 128 Å². The molecular weight excluding hydrogens is 266 g/mol. The third-order valence-electron chi connectivity index (χ3n) is 4.57. The van der Waals surface area contributed by atoms with Gasteiger partial charge in [-0.25, -0.2) is 0 Å². The Morgan fingerprint density at radius 2 is 1.80 bits per heavy atom. The maximum absolute atomic E-state index is 5.49. The smallest absolute Gasteiger partial charge is 0.142 e. The second-order valence-electron chi connectivity index (χ2n) is 6.10. The average molecular weight is 293 g/mol. The molecule has 0 unspecified atom stereocenters. The highest BCUT2D eigenvalue weighted by Crippen LogP contribution is 2.38. The number of hydrogen-bond acceptors (Lipinski definition) is 3. The molecular formula is C17H27NOS. The van der Waals surface area contributed by atoms with Crippen molar-refractivity contribution in [2.75, 3.05) is 31.4 Å². The van der Waals surface area contributed by atoms with E-state index in [0.29, 0.717) is 5.41 Å². The van der Waals surface area contributed by atoms with Crippen molar-refractivity contribution in [1.29, 1.82) is 0 Å². The van der Waals surface area contributed by atoms with Gasteiger partial charge in [0, 0.05) is 13.6 Å². The van der Waals surface area contributed by atoms with Crippen LogP contribution in [-0.2, 0) is 0 Å². The predicted octanol–water partition coefficient (Wildman–Crippen LogP) is 4.40. The molecule has 1 fully saturated rings. The fraction of sp³-hybridized carbons (Fsp3) is 0.647. The largest absolute Gasteiger partial charge is 0.495 e. The van der Waals surface area contributed by atoms with Crippen LogP contribution in [0.3, 0.4) is 0 Å². The summed E-state index contributed by atoms with van der Waals surface area (Å²) in [4.78, 5) is 2.35. The highest BCUT2D eigenvalue weighted by molar-refractivity contribution is 7.80. The van der Waals surface area contributed by atoms with Crippen LogP contribution in [0.4, 0.5) is 5.69 Å². The number of para-hydroxylation sites is 2. The van der Waals surface area contributed by atoms with Gasteiger partial charge in [-0.2, -0.15) is 12.6 Å². The molecule has 1 aliphatic carbocycles. The SMILES string of the molecule is COc1ccccc1N(C)CC1(CS)CCCCCC1. The molecule has 0 saturated heterocycles. The Morgan fingerprint density at radius 1 is 1.15 bits per heavy atom. The van der Waals surface area contributed by atoms with Gasteiger partial charge in [-0.3, -0.25) is 0 Å². The number of hydrogen-bond donors (Lipinski definition) is 1.